The van der Waals surface area contributed by atoms with Crippen molar-refractivity contribution in [3.05, 3.63) is 108 Å². The molecule has 2 heterocycles. The number of carbonyl (C=O) groups excluding carboxylic acids is 1. The fraction of sp³-hybridized carbons (Fsp3) is 0.367. The van der Waals surface area contributed by atoms with Crippen molar-refractivity contribution in [2.75, 3.05) is 7.05 Å². The van der Waals surface area contributed by atoms with E-state index in [0.717, 1.165) is 23.1 Å². The monoisotopic (exact) mass is 438 g/mol. The molecule has 0 spiro atoms. The summed E-state index contributed by atoms with van der Waals surface area (Å²) in [5.74, 6) is 0.636. The molecule has 1 N–H and O–H groups in total. The quantitative estimate of drug-likeness (QED) is 0.524. The summed E-state index contributed by atoms with van der Waals surface area (Å²) in [7, 11) is 2.28. The van der Waals surface area contributed by atoms with Gasteiger partial charge < -0.3 is 10.2 Å². The first-order valence-corrected chi connectivity index (χ1v) is 12.3. The Morgan fingerprint density at radius 3 is 1.82 bits per heavy atom. The third kappa shape index (κ3) is 4.35. The Kier molecular flexibility index (Phi) is 6.32. The van der Waals surface area contributed by atoms with Gasteiger partial charge in [-0.3, -0.25) is 4.79 Å². The summed E-state index contributed by atoms with van der Waals surface area (Å²) in [6, 6.07) is 32.4. The van der Waals surface area contributed by atoms with Crippen LogP contribution < -0.4 is 5.32 Å². The van der Waals surface area contributed by atoms with Crippen molar-refractivity contribution in [1.82, 2.24) is 10.2 Å². The van der Waals surface area contributed by atoms with Crippen LogP contribution in [0.4, 0.5) is 0 Å². The summed E-state index contributed by atoms with van der Waals surface area (Å²) in [6.45, 7) is 0.541. The van der Waals surface area contributed by atoms with Crippen molar-refractivity contribution in [1.29, 1.82) is 0 Å². The predicted octanol–water partition coefficient (Wildman–Crippen LogP) is 5.55. The lowest BCUT2D eigenvalue weighted by Gasteiger charge is -2.42. The van der Waals surface area contributed by atoms with Crippen LogP contribution in [0, 0.1) is 5.92 Å². The van der Waals surface area contributed by atoms with Gasteiger partial charge >= 0.3 is 0 Å². The number of carbonyl (C=O) groups is 1. The van der Waals surface area contributed by atoms with Gasteiger partial charge in [0.2, 0.25) is 5.91 Å². The molecular weight excluding hydrogens is 404 g/mol. The molecule has 3 aromatic rings. The molecule has 170 valence electrons. The number of rotatable bonds is 7. The topological polar surface area (TPSA) is 32.3 Å². The molecule has 33 heavy (non-hydrogen) atoms. The molecule has 0 saturated carbocycles. The minimum absolute atomic E-state index is 0.107. The van der Waals surface area contributed by atoms with Crippen LogP contribution in [0.15, 0.2) is 91.0 Å². The van der Waals surface area contributed by atoms with E-state index in [2.05, 4.69) is 77.9 Å². The van der Waals surface area contributed by atoms with Crippen LogP contribution >= 0.6 is 0 Å². The molecular formula is C30H34N2O. The fourth-order valence-electron chi connectivity index (χ4n) is 6.26. The van der Waals surface area contributed by atoms with Crippen molar-refractivity contribution in [3.8, 4) is 0 Å². The molecule has 1 amide bonds. The van der Waals surface area contributed by atoms with Gasteiger partial charge in [-0.2, -0.15) is 0 Å². The van der Waals surface area contributed by atoms with Crippen molar-refractivity contribution in [2.45, 2.75) is 56.1 Å². The maximum Gasteiger partial charge on any atom is 0.235 e. The summed E-state index contributed by atoms with van der Waals surface area (Å²) in [4.78, 5) is 16.8. The number of piperidine rings is 1. The smallest absolute Gasteiger partial charge is 0.235 e. The van der Waals surface area contributed by atoms with Crippen molar-refractivity contribution in [3.63, 3.8) is 0 Å². The van der Waals surface area contributed by atoms with Gasteiger partial charge in [0, 0.05) is 18.6 Å². The lowest BCUT2D eigenvalue weighted by Crippen LogP contribution is -2.48. The van der Waals surface area contributed by atoms with E-state index in [1.165, 1.54) is 25.7 Å². The van der Waals surface area contributed by atoms with Crippen LogP contribution in [0.1, 0.15) is 48.8 Å². The molecule has 2 atom stereocenters. The maximum atomic E-state index is 14.2. The molecule has 2 bridgehead atoms. The highest BCUT2D eigenvalue weighted by Gasteiger charge is 2.47. The summed E-state index contributed by atoms with van der Waals surface area (Å²) < 4.78 is 0. The maximum absolute atomic E-state index is 14.2. The summed E-state index contributed by atoms with van der Waals surface area (Å²) in [5, 5.41) is 3.32. The summed E-state index contributed by atoms with van der Waals surface area (Å²) in [6.07, 6.45) is 5.80. The van der Waals surface area contributed by atoms with E-state index in [-0.39, 0.29) is 5.91 Å². The van der Waals surface area contributed by atoms with Gasteiger partial charge in [0.1, 0.15) is 0 Å². The number of hydrogen-bond acceptors (Lipinski definition) is 2. The number of fused-ring (bicyclic) bond motifs is 2. The van der Waals surface area contributed by atoms with Crippen LogP contribution in [0.2, 0.25) is 0 Å². The van der Waals surface area contributed by atoms with Gasteiger partial charge in [-0.05, 0) is 61.8 Å². The van der Waals surface area contributed by atoms with E-state index >= 15 is 0 Å². The van der Waals surface area contributed by atoms with Gasteiger partial charge in [-0.15, -0.1) is 0 Å². The zero-order chi connectivity index (χ0) is 22.7. The van der Waals surface area contributed by atoms with Crippen molar-refractivity contribution < 1.29 is 4.79 Å². The number of benzene rings is 3. The standard InChI is InChI=1S/C30H34N2O/c1-32-27-17-18-28(32)20-24(19-27)21-30(25-13-7-3-8-14-25,26-15-9-4-10-16-26)29(33)31-22-23-11-5-2-6-12-23/h2-16,24,27-28H,17-22H2,1H3,(H,31,33)/t27-,28-/m0/s1. The second-order valence-electron chi connectivity index (χ2n) is 9.90. The van der Waals surface area contributed by atoms with E-state index in [9.17, 15) is 4.79 Å². The van der Waals surface area contributed by atoms with Gasteiger partial charge in [-0.25, -0.2) is 0 Å². The van der Waals surface area contributed by atoms with Gasteiger partial charge in [0.25, 0.3) is 0 Å². The Labute approximate surface area is 197 Å². The van der Waals surface area contributed by atoms with E-state index in [0.29, 0.717) is 24.5 Å². The lowest BCUT2D eigenvalue weighted by molar-refractivity contribution is -0.126. The van der Waals surface area contributed by atoms with Crippen LogP contribution in [-0.4, -0.2) is 29.9 Å². The molecule has 2 saturated heterocycles. The average molecular weight is 439 g/mol. The van der Waals surface area contributed by atoms with Crippen LogP contribution in [-0.2, 0) is 16.8 Å². The Morgan fingerprint density at radius 2 is 1.30 bits per heavy atom. The zero-order valence-electron chi connectivity index (χ0n) is 19.5. The molecule has 3 aromatic carbocycles. The second kappa shape index (κ2) is 9.52. The predicted molar refractivity (Wildman–Crippen MR) is 134 cm³/mol. The Morgan fingerprint density at radius 1 is 0.818 bits per heavy atom. The molecule has 2 aliphatic rings. The number of nitrogens with zero attached hydrogens (tertiary/aromatic N) is 1. The minimum atomic E-state index is -0.697. The highest BCUT2D eigenvalue weighted by atomic mass is 16.2. The largest absolute Gasteiger partial charge is 0.351 e. The van der Waals surface area contributed by atoms with Crippen LogP contribution in [0.5, 0.6) is 0 Å². The first-order chi connectivity index (χ1) is 16.2. The van der Waals surface area contributed by atoms with E-state index in [1.54, 1.807) is 0 Å². The van der Waals surface area contributed by atoms with E-state index in [1.807, 2.05) is 30.3 Å². The highest BCUT2D eigenvalue weighted by molar-refractivity contribution is 5.92. The number of amides is 1. The van der Waals surface area contributed by atoms with Gasteiger partial charge in [0.15, 0.2) is 0 Å². The Hall–Kier alpha value is -2.91. The zero-order valence-corrected chi connectivity index (χ0v) is 19.5. The summed E-state index contributed by atoms with van der Waals surface area (Å²) >= 11 is 0. The van der Waals surface area contributed by atoms with Gasteiger partial charge in [0.05, 0.1) is 5.41 Å². The molecule has 0 aromatic heterocycles. The molecule has 5 rings (SSSR count). The van der Waals surface area contributed by atoms with Crippen molar-refractivity contribution in [2.24, 2.45) is 5.92 Å². The lowest BCUT2D eigenvalue weighted by atomic mass is 9.66. The van der Waals surface area contributed by atoms with E-state index in [4.69, 9.17) is 0 Å². The van der Waals surface area contributed by atoms with E-state index < -0.39 is 5.41 Å². The van der Waals surface area contributed by atoms with Crippen LogP contribution in [0.25, 0.3) is 0 Å². The molecule has 3 nitrogen and oxygen atoms in total. The molecule has 0 radical (unpaired) electrons. The number of hydrogen-bond donors (Lipinski definition) is 1. The number of nitrogens with one attached hydrogen (secondary N) is 1. The molecule has 2 aliphatic heterocycles. The molecule has 3 heteroatoms. The third-order valence-electron chi connectivity index (χ3n) is 8.01. The Balaban J connectivity index is 1.53. The Bertz CT molecular complexity index is 997. The van der Waals surface area contributed by atoms with Crippen LogP contribution in [0.3, 0.4) is 0 Å². The first kappa shape index (κ1) is 21.9. The molecule has 2 fully saturated rings. The normalized spacial score (nSPS) is 22.8. The molecule has 0 aliphatic carbocycles. The first-order valence-electron chi connectivity index (χ1n) is 12.3. The van der Waals surface area contributed by atoms with Gasteiger partial charge in [-0.1, -0.05) is 91.0 Å². The average Bonchev–Trinajstić information content (AvgIpc) is 3.07. The minimum Gasteiger partial charge on any atom is -0.351 e. The third-order valence-corrected chi connectivity index (χ3v) is 8.01. The highest BCUT2D eigenvalue weighted by Crippen LogP contribution is 2.46. The molecule has 0 unspecified atom stereocenters. The SMILES string of the molecule is CN1[C@H]2CC[C@H]1CC(CC(C(=O)NCc1ccccc1)(c1ccccc1)c1ccccc1)C2. The summed E-state index contributed by atoms with van der Waals surface area (Å²) in [5.41, 5.74) is 2.61. The van der Waals surface area contributed by atoms with Crippen molar-refractivity contribution >= 4 is 5.91 Å². The fourth-order valence-corrected chi connectivity index (χ4v) is 6.26. The second-order valence-corrected chi connectivity index (χ2v) is 9.90.